The first-order valence-corrected chi connectivity index (χ1v) is 8.31. The minimum absolute atomic E-state index is 0.0333. The van der Waals surface area contributed by atoms with Gasteiger partial charge in [-0.1, -0.05) is 41.5 Å². The van der Waals surface area contributed by atoms with Crippen LogP contribution in [0.15, 0.2) is 58.5 Å². The Hall–Kier alpha value is -1.39. The molecular weight excluding hydrogens is 272 g/mol. The lowest BCUT2D eigenvalue weighted by Gasteiger charge is -2.03. The Labute approximate surface area is 121 Å². The molecule has 0 aliphatic heterocycles. The van der Waals surface area contributed by atoms with Crippen LogP contribution in [0.25, 0.3) is 0 Å². The van der Waals surface area contributed by atoms with E-state index in [1.165, 1.54) is 0 Å². The van der Waals surface area contributed by atoms with E-state index in [9.17, 15) is 8.42 Å². The summed E-state index contributed by atoms with van der Waals surface area (Å²) in [5.74, 6) is 0.0333. The van der Waals surface area contributed by atoms with Gasteiger partial charge < -0.3 is 5.11 Å². The Morgan fingerprint density at radius 2 is 1.75 bits per heavy atom. The summed E-state index contributed by atoms with van der Waals surface area (Å²) in [7, 11) is -3.23. The van der Waals surface area contributed by atoms with Gasteiger partial charge in [-0.05, 0) is 38.8 Å². The number of hydrogen-bond donors (Lipinski definition) is 1. The Balaban J connectivity index is 2.59. The average Bonchev–Trinajstić information content (AvgIpc) is 2.46. The SMILES string of the molecule is C/C(=C\CC/C(C)=C/CS(=O)(=O)c1ccccc1)CO. The van der Waals surface area contributed by atoms with Gasteiger partial charge in [0.1, 0.15) is 0 Å². The fourth-order valence-electron chi connectivity index (χ4n) is 1.69. The molecule has 110 valence electrons. The van der Waals surface area contributed by atoms with Gasteiger partial charge in [0, 0.05) is 0 Å². The minimum atomic E-state index is -3.23. The summed E-state index contributed by atoms with van der Waals surface area (Å²) in [6.07, 6.45) is 5.37. The zero-order valence-corrected chi connectivity index (χ0v) is 12.9. The van der Waals surface area contributed by atoms with Crippen LogP contribution in [0.4, 0.5) is 0 Å². The van der Waals surface area contributed by atoms with Crippen LogP contribution in [-0.2, 0) is 9.84 Å². The first-order chi connectivity index (χ1) is 9.45. The largest absolute Gasteiger partial charge is 0.392 e. The number of aliphatic hydroxyl groups excluding tert-OH is 1. The molecule has 0 fully saturated rings. The van der Waals surface area contributed by atoms with E-state index in [-0.39, 0.29) is 12.4 Å². The molecule has 0 atom stereocenters. The molecule has 0 heterocycles. The quantitative estimate of drug-likeness (QED) is 0.786. The first-order valence-electron chi connectivity index (χ1n) is 6.65. The smallest absolute Gasteiger partial charge is 0.181 e. The second-order valence-corrected chi connectivity index (χ2v) is 6.93. The molecule has 0 radical (unpaired) electrons. The molecule has 1 rings (SSSR count). The number of sulfone groups is 1. The van der Waals surface area contributed by atoms with Crippen LogP contribution < -0.4 is 0 Å². The predicted octanol–water partition coefficient (Wildman–Crippen LogP) is 3.13. The van der Waals surface area contributed by atoms with Crippen molar-refractivity contribution in [1.82, 2.24) is 0 Å². The summed E-state index contributed by atoms with van der Waals surface area (Å²) in [4.78, 5) is 0.361. The van der Waals surface area contributed by atoms with Gasteiger partial charge in [0.15, 0.2) is 9.84 Å². The molecule has 0 amide bonds. The van der Waals surface area contributed by atoms with E-state index < -0.39 is 9.84 Å². The molecule has 1 aromatic rings. The number of benzene rings is 1. The van der Waals surface area contributed by atoms with Crippen molar-refractivity contribution >= 4 is 9.84 Å². The van der Waals surface area contributed by atoms with Crippen molar-refractivity contribution in [2.45, 2.75) is 31.6 Å². The summed E-state index contributed by atoms with van der Waals surface area (Å²) >= 11 is 0. The molecule has 0 aliphatic rings. The molecular formula is C16H22O3S. The van der Waals surface area contributed by atoms with Crippen LogP contribution in [0, 0.1) is 0 Å². The van der Waals surface area contributed by atoms with Gasteiger partial charge in [0.25, 0.3) is 0 Å². The average molecular weight is 294 g/mol. The summed E-state index contributed by atoms with van der Waals surface area (Å²) in [5.41, 5.74) is 1.99. The van der Waals surface area contributed by atoms with Crippen LogP contribution in [0.3, 0.4) is 0 Å². The fraction of sp³-hybridized carbons (Fsp3) is 0.375. The number of rotatable bonds is 7. The summed E-state index contributed by atoms with van der Waals surface area (Å²) in [6.45, 7) is 3.88. The van der Waals surface area contributed by atoms with Gasteiger partial charge >= 0.3 is 0 Å². The second-order valence-electron chi connectivity index (χ2n) is 4.89. The lowest BCUT2D eigenvalue weighted by molar-refractivity contribution is 0.331. The molecule has 4 heteroatoms. The Bertz CT molecular complexity index is 569. The Kier molecular flexibility index (Phi) is 6.68. The molecule has 0 bridgehead atoms. The van der Waals surface area contributed by atoms with Crippen molar-refractivity contribution in [1.29, 1.82) is 0 Å². The van der Waals surface area contributed by atoms with Crippen molar-refractivity contribution in [3.8, 4) is 0 Å². The highest BCUT2D eigenvalue weighted by molar-refractivity contribution is 7.91. The van der Waals surface area contributed by atoms with Crippen LogP contribution in [0.5, 0.6) is 0 Å². The number of aliphatic hydroxyl groups is 1. The Morgan fingerprint density at radius 1 is 1.10 bits per heavy atom. The van der Waals surface area contributed by atoms with E-state index >= 15 is 0 Å². The molecule has 0 saturated carbocycles. The van der Waals surface area contributed by atoms with Gasteiger partial charge in [-0.2, -0.15) is 0 Å². The van der Waals surface area contributed by atoms with Crippen LogP contribution in [-0.4, -0.2) is 25.9 Å². The maximum Gasteiger partial charge on any atom is 0.181 e. The van der Waals surface area contributed by atoms with Gasteiger partial charge in [-0.15, -0.1) is 0 Å². The molecule has 20 heavy (non-hydrogen) atoms. The second kappa shape index (κ2) is 8.02. The Morgan fingerprint density at radius 3 is 2.35 bits per heavy atom. The topological polar surface area (TPSA) is 54.4 Å². The summed E-state index contributed by atoms with van der Waals surface area (Å²) in [6, 6.07) is 8.49. The third kappa shape index (κ3) is 5.72. The van der Waals surface area contributed by atoms with E-state index in [0.29, 0.717) is 4.90 Å². The summed E-state index contributed by atoms with van der Waals surface area (Å²) < 4.78 is 24.2. The van der Waals surface area contributed by atoms with Crippen molar-refractivity contribution in [2.24, 2.45) is 0 Å². The fourth-order valence-corrected chi connectivity index (χ4v) is 2.96. The third-order valence-corrected chi connectivity index (χ3v) is 4.63. The zero-order chi connectivity index (χ0) is 15.0. The highest BCUT2D eigenvalue weighted by atomic mass is 32.2. The van der Waals surface area contributed by atoms with E-state index in [4.69, 9.17) is 5.11 Å². The standard InChI is InChI=1S/C16H22O3S/c1-14(7-6-8-15(2)13-17)11-12-20(18,19)16-9-4-3-5-10-16/h3-5,8-11,17H,6-7,12-13H2,1-2H3/b14-11+,15-8+. The maximum absolute atomic E-state index is 12.1. The van der Waals surface area contributed by atoms with Crippen molar-refractivity contribution < 1.29 is 13.5 Å². The lowest BCUT2D eigenvalue weighted by Crippen LogP contribution is -2.04. The number of hydrogen-bond acceptors (Lipinski definition) is 3. The van der Waals surface area contributed by atoms with E-state index in [0.717, 1.165) is 24.0 Å². The number of allylic oxidation sites excluding steroid dienone is 2. The van der Waals surface area contributed by atoms with Crippen molar-refractivity contribution in [3.05, 3.63) is 53.6 Å². The van der Waals surface area contributed by atoms with Crippen LogP contribution in [0.1, 0.15) is 26.7 Å². The zero-order valence-electron chi connectivity index (χ0n) is 12.0. The maximum atomic E-state index is 12.1. The van der Waals surface area contributed by atoms with Gasteiger partial charge in [-0.3, -0.25) is 0 Å². The molecule has 0 unspecified atom stereocenters. The molecule has 3 nitrogen and oxygen atoms in total. The third-order valence-electron chi connectivity index (χ3n) is 3.03. The van der Waals surface area contributed by atoms with Crippen molar-refractivity contribution in [2.75, 3.05) is 12.4 Å². The van der Waals surface area contributed by atoms with E-state index in [2.05, 4.69) is 0 Å². The first kappa shape index (κ1) is 16.7. The molecule has 1 aromatic carbocycles. The molecule has 1 N–H and O–H groups in total. The molecule has 0 spiro atoms. The van der Waals surface area contributed by atoms with Crippen LogP contribution in [0.2, 0.25) is 0 Å². The van der Waals surface area contributed by atoms with Gasteiger partial charge in [-0.25, -0.2) is 8.42 Å². The highest BCUT2D eigenvalue weighted by Gasteiger charge is 2.11. The van der Waals surface area contributed by atoms with E-state index in [1.54, 1.807) is 36.4 Å². The highest BCUT2D eigenvalue weighted by Crippen LogP contribution is 2.13. The lowest BCUT2D eigenvalue weighted by atomic mass is 10.1. The van der Waals surface area contributed by atoms with Crippen molar-refractivity contribution in [3.63, 3.8) is 0 Å². The predicted molar refractivity (Wildman–Crippen MR) is 82.3 cm³/mol. The van der Waals surface area contributed by atoms with Gasteiger partial charge in [0.2, 0.25) is 0 Å². The normalized spacial score (nSPS) is 13.6. The van der Waals surface area contributed by atoms with Crippen LogP contribution >= 0.6 is 0 Å². The van der Waals surface area contributed by atoms with E-state index in [1.807, 2.05) is 19.9 Å². The summed E-state index contributed by atoms with van der Waals surface area (Å²) in [5, 5.41) is 8.87. The monoisotopic (exact) mass is 294 g/mol. The minimum Gasteiger partial charge on any atom is -0.392 e. The molecule has 0 saturated heterocycles. The molecule has 0 aliphatic carbocycles. The molecule has 0 aromatic heterocycles. The van der Waals surface area contributed by atoms with Gasteiger partial charge in [0.05, 0.1) is 17.3 Å².